The highest BCUT2D eigenvalue weighted by molar-refractivity contribution is 5.73. The van der Waals surface area contributed by atoms with Gasteiger partial charge in [0.2, 0.25) is 0 Å². The van der Waals surface area contributed by atoms with Crippen LogP contribution in [-0.2, 0) is 6.42 Å². The highest BCUT2D eigenvalue weighted by atomic mass is 16.2. The van der Waals surface area contributed by atoms with E-state index in [0.29, 0.717) is 43.0 Å². The Kier molecular flexibility index (Phi) is 5.58. The summed E-state index contributed by atoms with van der Waals surface area (Å²) in [6.45, 7) is 2.95. The lowest BCUT2D eigenvalue weighted by Gasteiger charge is -2.04. The molecule has 2 aromatic rings. The third kappa shape index (κ3) is 4.01. The van der Waals surface area contributed by atoms with Gasteiger partial charge >= 0.3 is 6.03 Å². The molecule has 0 fully saturated rings. The van der Waals surface area contributed by atoms with Crippen molar-refractivity contribution < 1.29 is 4.79 Å². The zero-order valence-corrected chi connectivity index (χ0v) is 13.0. The number of carbonyl (C=O) groups excluding carboxylic acids is 1. The van der Waals surface area contributed by atoms with Crippen LogP contribution in [0.5, 0.6) is 0 Å². The first kappa shape index (κ1) is 16.4. The van der Waals surface area contributed by atoms with Crippen LogP contribution in [0.15, 0.2) is 30.3 Å². The van der Waals surface area contributed by atoms with Crippen molar-refractivity contribution in [2.45, 2.75) is 19.8 Å². The van der Waals surface area contributed by atoms with E-state index in [0.717, 1.165) is 5.69 Å². The van der Waals surface area contributed by atoms with Crippen molar-refractivity contribution >= 4 is 11.8 Å². The molecule has 0 aliphatic heterocycles. The molecule has 7 nitrogen and oxygen atoms in total. The van der Waals surface area contributed by atoms with Crippen molar-refractivity contribution in [1.29, 1.82) is 5.26 Å². The normalized spacial score (nSPS) is 10.1. The fourth-order valence-corrected chi connectivity index (χ4v) is 2.22. The van der Waals surface area contributed by atoms with Gasteiger partial charge < -0.3 is 16.4 Å². The number of para-hydroxylation sites is 1. The van der Waals surface area contributed by atoms with Gasteiger partial charge in [-0.15, -0.1) is 0 Å². The van der Waals surface area contributed by atoms with Crippen LogP contribution < -0.4 is 16.4 Å². The number of nitrogens with one attached hydrogen (secondary N) is 2. The third-order valence-corrected chi connectivity index (χ3v) is 3.32. The first-order chi connectivity index (χ1) is 11.2. The summed E-state index contributed by atoms with van der Waals surface area (Å²) in [4.78, 5) is 11.3. The molecule has 0 spiro atoms. The maximum Gasteiger partial charge on any atom is 0.314 e. The predicted octanol–water partition coefficient (Wildman–Crippen LogP) is 1.58. The number of aryl methyl sites for hydroxylation is 1. The SMILES string of the molecule is CCNC(=O)NCCCc1nn(-c2ccccc2)c(N)c1C#N. The molecule has 7 heteroatoms. The standard InChI is InChI=1S/C16H20N6O/c1-2-19-16(23)20-10-6-9-14-13(11-17)15(18)22(21-14)12-7-4-3-5-8-12/h3-5,7-8H,2,6,9-10,18H2,1H3,(H2,19,20,23). The predicted molar refractivity (Wildman–Crippen MR) is 88.1 cm³/mol. The van der Waals surface area contributed by atoms with E-state index in [9.17, 15) is 10.1 Å². The van der Waals surface area contributed by atoms with Crippen LogP contribution in [-0.4, -0.2) is 28.9 Å². The summed E-state index contributed by atoms with van der Waals surface area (Å²) in [6, 6.07) is 11.4. The number of amides is 2. The van der Waals surface area contributed by atoms with Crippen LogP contribution >= 0.6 is 0 Å². The number of nitrogens with zero attached hydrogens (tertiary/aromatic N) is 3. The zero-order valence-electron chi connectivity index (χ0n) is 13.0. The van der Waals surface area contributed by atoms with Gasteiger partial charge in [0, 0.05) is 13.1 Å². The number of aromatic nitrogens is 2. The number of benzene rings is 1. The average molecular weight is 312 g/mol. The minimum atomic E-state index is -0.192. The fraction of sp³-hybridized carbons (Fsp3) is 0.312. The molecule has 0 unspecified atom stereocenters. The van der Waals surface area contributed by atoms with E-state index in [2.05, 4.69) is 21.8 Å². The Labute approximate surface area is 135 Å². The topological polar surface area (TPSA) is 109 Å². The first-order valence-corrected chi connectivity index (χ1v) is 7.52. The van der Waals surface area contributed by atoms with Crippen LogP contribution in [0.25, 0.3) is 5.69 Å². The smallest absolute Gasteiger partial charge is 0.314 e. The van der Waals surface area contributed by atoms with Gasteiger partial charge in [0.1, 0.15) is 17.5 Å². The molecular weight excluding hydrogens is 292 g/mol. The van der Waals surface area contributed by atoms with E-state index in [1.165, 1.54) is 0 Å². The molecule has 1 aromatic heterocycles. The van der Waals surface area contributed by atoms with Gasteiger partial charge in [0.15, 0.2) is 0 Å². The summed E-state index contributed by atoms with van der Waals surface area (Å²) < 4.78 is 1.57. The van der Waals surface area contributed by atoms with Crippen LogP contribution in [0.4, 0.5) is 10.6 Å². The molecule has 2 rings (SSSR count). The summed E-state index contributed by atoms with van der Waals surface area (Å²) >= 11 is 0. The van der Waals surface area contributed by atoms with Gasteiger partial charge in [-0.25, -0.2) is 9.48 Å². The molecule has 0 radical (unpaired) electrons. The Morgan fingerprint density at radius 3 is 2.74 bits per heavy atom. The monoisotopic (exact) mass is 312 g/mol. The van der Waals surface area contributed by atoms with Crippen LogP contribution in [0.3, 0.4) is 0 Å². The molecule has 0 saturated carbocycles. The van der Waals surface area contributed by atoms with Crippen molar-refractivity contribution in [2.75, 3.05) is 18.8 Å². The molecular formula is C16H20N6O. The summed E-state index contributed by atoms with van der Waals surface area (Å²) in [6.07, 6.45) is 1.25. The molecule has 0 bridgehead atoms. The Morgan fingerprint density at radius 1 is 1.35 bits per heavy atom. The molecule has 0 saturated heterocycles. The maximum absolute atomic E-state index is 11.3. The van der Waals surface area contributed by atoms with Crippen molar-refractivity contribution in [1.82, 2.24) is 20.4 Å². The Morgan fingerprint density at radius 2 is 2.09 bits per heavy atom. The van der Waals surface area contributed by atoms with E-state index in [-0.39, 0.29) is 6.03 Å². The van der Waals surface area contributed by atoms with Gasteiger partial charge in [0.05, 0.1) is 11.4 Å². The van der Waals surface area contributed by atoms with Crippen LogP contribution in [0.1, 0.15) is 24.6 Å². The quantitative estimate of drug-likeness (QED) is 0.703. The second-order valence-electron chi connectivity index (χ2n) is 4.96. The van der Waals surface area contributed by atoms with Gasteiger partial charge in [-0.2, -0.15) is 10.4 Å². The molecule has 23 heavy (non-hydrogen) atoms. The molecule has 0 aliphatic rings. The highest BCUT2D eigenvalue weighted by Gasteiger charge is 2.16. The number of hydrogen-bond donors (Lipinski definition) is 3. The molecule has 1 aromatic carbocycles. The third-order valence-electron chi connectivity index (χ3n) is 3.32. The lowest BCUT2D eigenvalue weighted by Crippen LogP contribution is -2.35. The van der Waals surface area contributed by atoms with Crippen LogP contribution in [0, 0.1) is 11.3 Å². The van der Waals surface area contributed by atoms with Gasteiger partial charge in [-0.05, 0) is 31.9 Å². The Hall–Kier alpha value is -3.01. The number of nitrogen functional groups attached to an aromatic ring is 1. The van der Waals surface area contributed by atoms with E-state index in [4.69, 9.17) is 5.73 Å². The first-order valence-electron chi connectivity index (χ1n) is 7.52. The fourth-order valence-electron chi connectivity index (χ4n) is 2.22. The number of hydrogen-bond acceptors (Lipinski definition) is 4. The molecule has 0 aliphatic carbocycles. The summed E-state index contributed by atoms with van der Waals surface area (Å²) in [5, 5.41) is 19.2. The Bertz CT molecular complexity index is 701. The average Bonchev–Trinajstić information content (AvgIpc) is 2.88. The summed E-state index contributed by atoms with van der Waals surface area (Å²) in [7, 11) is 0. The number of carbonyl (C=O) groups is 1. The van der Waals surface area contributed by atoms with E-state index < -0.39 is 0 Å². The lowest BCUT2D eigenvalue weighted by molar-refractivity contribution is 0.241. The number of rotatable bonds is 6. The zero-order chi connectivity index (χ0) is 16.7. The number of anilines is 1. The Balaban J connectivity index is 2.05. The van der Waals surface area contributed by atoms with E-state index >= 15 is 0 Å². The second-order valence-corrected chi connectivity index (χ2v) is 4.96. The van der Waals surface area contributed by atoms with Crippen molar-refractivity contribution in [3.05, 3.63) is 41.6 Å². The highest BCUT2D eigenvalue weighted by Crippen LogP contribution is 2.21. The molecule has 1 heterocycles. The van der Waals surface area contributed by atoms with Crippen molar-refractivity contribution in [2.24, 2.45) is 0 Å². The summed E-state index contributed by atoms with van der Waals surface area (Å²) in [5.74, 6) is 0.338. The van der Waals surface area contributed by atoms with E-state index in [1.807, 2.05) is 37.3 Å². The molecule has 120 valence electrons. The molecule has 4 N–H and O–H groups in total. The summed E-state index contributed by atoms with van der Waals surface area (Å²) in [5.41, 5.74) is 7.89. The molecule has 0 atom stereocenters. The van der Waals surface area contributed by atoms with Gasteiger partial charge in [-0.1, -0.05) is 18.2 Å². The number of nitriles is 1. The van der Waals surface area contributed by atoms with Crippen LogP contribution in [0.2, 0.25) is 0 Å². The largest absolute Gasteiger partial charge is 0.382 e. The number of urea groups is 1. The maximum atomic E-state index is 11.3. The van der Waals surface area contributed by atoms with Gasteiger partial charge in [-0.3, -0.25) is 0 Å². The van der Waals surface area contributed by atoms with Crippen molar-refractivity contribution in [3.8, 4) is 11.8 Å². The van der Waals surface area contributed by atoms with E-state index in [1.54, 1.807) is 4.68 Å². The minimum absolute atomic E-state index is 0.192. The molecule has 2 amide bonds. The van der Waals surface area contributed by atoms with Gasteiger partial charge in [0.25, 0.3) is 0 Å². The number of nitrogens with two attached hydrogens (primary N) is 1. The second kappa shape index (κ2) is 7.84. The minimum Gasteiger partial charge on any atom is -0.382 e. The lowest BCUT2D eigenvalue weighted by atomic mass is 10.1. The van der Waals surface area contributed by atoms with Crippen molar-refractivity contribution in [3.63, 3.8) is 0 Å².